The molecule has 0 unspecified atom stereocenters. The van der Waals surface area contributed by atoms with Crippen LogP contribution in [0.1, 0.15) is 47.5 Å². The third-order valence-corrected chi connectivity index (χ3v) is 6.66. The first-order valence-electron chi connectivity index (χ1n) is 10.3. The second-order valence-corrected chi connectivity index (χ2v) is 8.94. The number of hydrogen-bond acceptors (Lipinski definition) is 5. The quantitative estimate of drug-likeness (QED) is 0.632. The number of amides is 1. The van der Waals surface area contributed by atoms with Crippen LogP contribution in [-0.4, -0.2) is 26.0 Å². The molecule has 7 heteroatoms. The van der Waals surface area contributed by atoms with Gasteiger partial charge in [-0.2, -0.15) is 0 Å². The van der Waals surface area contributed by atoms with Crippen molar-refractivity contribution < 1.29 is 4.79 Å². The van der Waals surface area contributed by atoms with Crippen LogP contribution < -0.4 is 10.7 Å². The maximum atomic E-state index is 13.3. The summed E-state index contributed by atoms with van der Waals surface area (Å²) in [6.45, 7) is 8.30. The van der Waals surface area contributed by atoms with Crippen LogP contribution in [0, 0.1) is 20.8 Å². The molecule has 1 aliphatic heterocycles. The zero-order valence-corrected chi connectivity index (χ0v) is 18.6. The maximum Gasteiger partial charge on any atom is 0.240 e. The molecule has 2 N–H and O–H groups in total. The SMILES string of the molecule is CCCc1nnc2n1N[C@@H](c1ccc(C)cc1)[C@@H](C(=O)Nc1ccc(C)c(C)c1)S2. The number of nitrogens with zero attached hydrogens (tertiary/aromatic N) is 3. The van der Waals surface area contributed by atoms with Crippen LogP contribution in [0.2, 0.25) is 0 Å². The highest BCUT2D eigenvalue weighted by Gasteiger charge is 2.37. The summed E-state index contributed by atoms with van der Waals surface area (Å²) in [6.07, 6.45) is 1.82. The van der Waals surface area contributed by atoms with E-state index in [1.165, 1.54) is 22.9 Å². The van der Waals surface area contributed by atoms with E-state index in [0.29, 0.717) is 0 Å². The Morgan fingerprint density at radius 3 is 2.57 bits per heavy atom. The van der Waals surface area contributed by atoms with E-state index < -0.39 is 0 Å². The molecule has 0 radical (unpaired) electrons. The van der Waals surface area contributed by atoms with E-state index in [2.05, 4.69) is 72.9 Å². The minimum atomic E-state index is -0.375. The number of rotatable bonds is 5. The number of aromatic nitrogens is 3. The summed E-state index contributed by atoms with van der Waals surface area (Å²) in [4.78, 5) is 13.3. The van der Waals surface area contributed by atoms with Crippen molar-refractivity contribution in [3.8, 4) is 0 Å². The van der Waals surface area contributed by atoms with Crippen molar-refractivity contribution in [3.63, 3.8) is 0 Å². The van der Waals surface area contributed by atoms with Gasteiger partial charge in [-0.25, -0.2) is 4.68 Å². The highest BCUT2D eigenvalue weighted by Crippen LogP contribution is 2.37. The van der Waals surface area contributed by atoms with Crippen LogP contribution in [-0.2, 0) is 11.2 Å². The van der Waals surface area contributed by atoms with Crippen LogP contribution >= 0.6 is 11.8 Å². The van der Waals surface area contributed by atoms with Crippen LogP contribution in [0.4, 0.5) is 5.69 Å². The topological polar surface area (TPSA) is 71.8 Å². The molecule has 1 aromatic heterocycles. The summed E-state index contributed by atoms with van der Waals surface area (Å²) in [5.41, 5.74) is 8.94. The third-order valence-electron chi connectivity index (χ3n) is 5.45. The Hall–Kier alpha value is -2.80. The molecule has 4 rings (SSSR count). The smallest absolute Gasteiger partial charge is 0.240 e. The minimum absolute atomic E-state index is 0.0485. The van der Waals surface area contributed by atoms with Crippen molar-refractivity contribution >= 4 is 23.4 Å². The number of anilines is 1. The molecule has 2 heterocycles. The summed E-state index contributed by atoms with van der Waals surface area (Å²) in [6, 6.07) is 14.1. The summed E-state index contributed by atoms with van der Waals surface area (Å²) >= 11 is 1.46. The lowest BCUT2D eigenvalue weighted by molar-refractivity contribution is -0.116. The van der Waals surface area contributed by atoms with E-state index in [9.17, 15) is 4.79 Å². The van der Waals surface area contributed by atoms with Crippen molar-refractivity contribution in [1.29, 1.82) is 0 Å². The van der Waals surface area contributed by atoms with E-state index in [1.807, 2.05) is 22.9 Å². The van der Waals surface area contributed by atoms with E-state index in [1.54, 1.807) is 0 Å². The molecule has 6 nitrogen and oxygen atoms in total. The summed E-state index contributed by atoms with van der Waals surface area (Å²) in [7, 11) is 0. The normalized spacial score (nSPS) is 17.9. The fourth-order valence-corrected chi connectivity index (χ4v) is 4.64. The molecule has 0 saturated heterocycles. The molecule has 2 aromatic carbocycles. The predicted octanol–water partition coefficient (Wildman–Crippen LogP) is 4.55. The minimum Gasteiger partial charge on any atom is -0.325 e. The molecule has 0 saturated carbocycles. The molecule has 0 bridgehead atoms. The number of aryl methyl sites for hydroxylation is 4. The van der Waals surface area contributed by atoms with Gasteiger partial charge in [-0.15, -0.1) is 10.2 Å². The molecular weight excluding hydrogens is 394 g/mol. The van der Waals surface area contributed by atoms with Gasteiger partial charge in [0.1, 0.15) is 5.25 Å². The van der Waals surface area contributed by atoms with Gasteiger partial charge in [0.15, 0.2) is 5.82 Å². The van der Waals surface area contributed by atoms with E-state index in [4.69, 9.17) is 0 Å². The third kappa shape index (κ3) is 4.07. The van der Waals surface area contributed by atoms with Crippen molar-refractivity contribution in [3.05, 3.63) is 70.5 Å². The summed E-state index contributed by atoms with van der Waals surface area (Å²) in [5.74, 6) is 0.845. The number of benzene rings is 2. The second-order valence-electron chi connectivity index (χ2n) is 7.83. The molecule has 30 heavy (non-hydrogen) atoms. The fraction of sp³-hybridized carbons (Fsp3) is 0.348. The van der Waals surface area contributed by atoms with Gasteiger partial charge in [0.25, 0.3) is 0 Å². The van der Waals surface area contributed by atoms with Crippen LogP contribution in [0.5, 0.6) is 0 Å². The zero-order valence-electron chi connectivity index (χ0n) is 17.8. The molecule has 2 atom stereocenters. The Kier molecular flexibility index (Phi) is 5.81. The number of carbonyl (C=O) groups excluding carboxylic acids is 1. The van der Waals surface area contributed by atoms with E-state index in [0.717, 1.165) is 40.6 Å². The Balaban J connectivity index is 1.66. The van der Waals surface area contributed by atoms with Crippen LogP contribution in [0.15, 0.2) is 47.6 Å². The van der Waals surface area contributed by atoms with Gasteiger partial charge in [-0.1, -0.05) is 54.6 Å². The second kappa shape index (κ2) is 8.52. The number of hydrogen-bond donors (Lipinski definition) is 2. The molecule has 156 valence electrons. The first kappa shape index (κ1) is 20.5. The van der Waals surface area contributed by atoms with Gasteiger partial charge in [-0.3, -0.25) is 4.79 Å². The Labute approximate surface area is 181 Å². The van der Waals surface area contributed by atoms with Crippen molar-refractivity contribution in [2.45, 2.75) is 57.0 Å². The standard InChI is InChI=1S/C23H27N5OS/c1-5-6-19-25-26-23-28(19)27-20(17-10-7-14(2)8-11-17)21(30-23)22(29)24-18-12-9-15(3)16(4)13-18/h7-13,20-21,27H,5-6H2,1-4H3,(H,24,29)/t20-,21-/m0/s1. The van der Waals surface area contributed by atoms with Gasteiger partial charge in [0, 0.05) is 12.1 Å². The average Bonchev–Trinajstić information content (AvgIpc) is 3.12. The number of thioether (sulfide) groups is 1. The monoisotopic (exact) mass is 421 g/mol. The lowest BCUT2D eigenvalue weighted by Crippen LogP contribution is -2.41. The highest BCUT2D eigenvalue weighted by molar-refractivity contribution is 8.00. The lowest BCUT2D eigenvalue weighted by Gasteiger charge is -2.33. The van der Waals surface area contributed by atoms with Crippen LogP contribution in [0.3, 0.4) is 0 Å². The van der Waals surface area contributed by atoms with Gasteiger partial charge in [0.2, 0.25) is 11.1 Å². The van der Waals surface area contributed by atoms with Crippen LogP contribution in [0.25, 0.3) is 0 Å². The Morgan fingerprint density at radius 1 is 1.10 bits per heavy atom. The van der Waals surface area contributed by atoms with Gasteiger partial charge >= 0.3 is 0 Å². The number of carbonyl (C=O) groups is 1. The van der Waals surface area contributed by atoms with Crippen molar-refractivity contribution in [1.82, 2.24) is 14.9 Å². The molecule has 1 aliphatic rings. The molecule has 1 amide bonds. The number of nitrogens with one attached hydrogen (secondary N) is 2. The predicted molar refractivity (Wildman–Crippen MR) is 121 cm³/mol. The largest absolute Gasteiger partial charge is 0.325 e. The Bertz CT molecular complexity index is 1060. The maximum absolute atomic E-state index is 13.3. The molecule has 0 fully saturated rings. The summed E-state index contributed by atoms with van der Waals surface area (Å²) in [5, 5.41) is 12.1. The van der Waals surface area contributed by atoms with Gasteiger partial charge in [0.05, 0.1) is 6.04 Å². The van der Waals surface area contributed by atoms with E-state index in [-0.39, 0.29) is 17.2 Å². The zero-order chi connectivity index (χ0) is 21.3. The fourth-order valence-electron chi connectivity index (χ4n) is 3.54. The summed E-state index contributed by atoms with van der Waals surface area (Å²) < 4.78 is 1.94. The van der Waals surface area contributed by atoms with Crippen molar-refractivity contribution in [2.24, 2.45) is 0 Å². The first-order valence-corrected chi connectivity index (χ1v) is 11.2. The molecular formula is C23H27N5OS. The van der Waals surface area contributed by atoms with Crippen molar-refractivity contribution in [2.75, 3.05) is 10.7 Å². The lowest BCUT2D eigenvalue weighted by atomic mass is 10.0. The molecule has 3 aromatic rings. The number of fused-ring (bicyclic) bond motifs is 1. The molecule has 0 aliphatic carbocycles. The molecule has 0 spiro atoms. The van der Waals surface area contributed by atoms with Gasteiger partial charge < -0.3 is 10.7 Å². The average molecular weight is 422 g/mol. The first-order chi connectivity index (χ1) is 14.5. The van der Waals surface area contributed by atoms with Gasteiger partial charge in [-0.05, 0) is 56.0 Å². The van der Waals surface area contributed by atoms with E-state index >= 15 is 0 Å². The highest BCUT2D eigenvalue weighted by atomic mass is 32.2. The Morgan fingerprint density at radius 2 is 1.87 bits per heavy atom.